The summed E-state index contributed by atoms with van der Waals surface area (Å²) in [6.45, 7) is 1.09. The minimum Gasteiger partial charge on any atom is -0.350 e. The van der Waals surface area contributed by atoms with Gasteiger partial charge in [0.15, 0.2) is 0 Å². The van der Waals surface area contributed by atoms with E-state index in [4.69, 9.17) is 0 Å². The van der Waals surface area contributed by atoms with Gasteiger partial charge >= 0.3 is 0 Å². The van der Waals surface area contributed by atoms with E-state index in [2.05, 4.69) is 15.3 Å². The van der Waals surface area contributed by atoms with Crippen LogP contribution in [0, 0.1) is 0 Å². The van der Waals surface area contributed by atoms with Crippen LogP contribution in [0.1, 0.15) is 11.4 Å². The molecular formula is C18H16N4OS. The highest BCUT2D eigenvalue weighted by molar-refractivity contribution is 7.18. The first-order valence-electron chi connectivity index (χ1n) is 7.80. The topological polar surface area (TPSA) is 59.8 Å². The lowest BCUT2D eigenvalue weighted by Gasteiger charge is -2.05. The Morgan fingerprint density at radius 3 is 2.75 bits per heavy atom. The number of aromatic nitrogens is 3. The monoisotopic (exact) mass is 336 g/mol. The lowest BCUT2D eigenvalue weighted by atomic mass is 10.3. The van der Waals surface area contributed by atoms with Gasteiger partial charge in [0.2, 0.25) is 5.91 Å². The van der Waals surface area contributed by atoms with Crippen molar-refractivity contribution >= 4 is 38.5 Å². The Morgan fingerprint density at radius 1 is 1.08 bits per heavy atom. The summed E-state index contributed by atoms with van der Waals surface area (Å²) in [6, 6.07) is 15.9. The predicted octanol–water partition coefficient (Wildman–Crippen LogP) is 3.35. The van der Waals surface area contributed by atoms with Crippen LogP contribution in [0.15, 0.2) is 54.9 Å². The fraction of sp³-hybridized carbons (Fsp3) is 0.167. The molecule has 0 aliphatic rings. The van der Waals surface area contributed by atoms with E-state index in [1.54, 1.807) is 17.7 Å². The standard InChI is InChI=1S/C18H16N4OS/c23-17(9-10-22-12-20-13-5-1-3-7-15(13)22)19-11-18-21-14-6-2-4-8-16(14)24-18/h1-8,12H,9-11H2,(H,19,23). The van der Waals surface area contributed by atoms with Gasteiger partial charge in [0, 0.05) is 13.0 Å². The van der Waals surface area contributed by atoms with Crippen LogP contribution in [0.2, 0.25) is 0 Å². The first-order chi connectivity index (χ1) is 11.8. The summed E-state index contributed by atoms with van der Waals surface area (Å²) < 4.78 is 3.15. The molecule has 24 heavy (non-hydrogen) atoms. The Hall–Kier alpha value is -2.73. The maximum atomic E-state index is 12.1. The Morgan fingerprint density at radius 2 is 1.88 bits per heavy atom. The first-order valence-corrected chi connectivity index (χ1v) is 8.62. The number of aryl methyl sites for hydroxylation is 1. The van der Waals surface area contributed by atoms with E-state index >= 15 is 0 Å². The molecule has 0 unspecified atom stereocenters. The second kappa shape index (κ2) is 6.41. The largest absolute Gasteiger partial charge is 0.350 e. The number of thiazole rings is 1. The van der Waals surface area contributed by atoms with E-state index in [0.29, 0.717) is 19.5 Å². The van der Waals surface area contributed by atoms with Crippen LogP contribution in [0.5, 0.6) is 0 Å². The van der Waals surface area contributed by atoms with Crippen molar-refractivity contribution in [2.45, 2.75) is 19.5 Å². The lowest BCUT2D eigenvalue weighted by Crippen LogP contribution is -2.23. The predicted molar refractivity (Wildman–Crippen MR) is 95.8 cm³/mol. The average molecular weight is 336 g/mol. The summed E-state index contributed by atoms with van der Waals surface area (Å²) in [5, 5.41) is 3.87. The molecule has 0 fully saturated rings. The quantitative estimate of drug-likeness (QED) is 0.608. The van der Waals surface area contributed by atoms with Crippen LogP contribution in [-0.2, 0) is 17.9 Å². The summed E-state index contributed by atoms with van der Waals surface area (Å²) in [7, 11) is 0. The Labute approximate surface area is 143 Å². The van der Waals surface area contributed by atoms with Crippen molar-refractivity contribution in [3.8, 4) is 0 Å². The highest BCUT2D eigenvalue weighted by Gasteiger charge is 2.07. The van der Waals surface area contributed by atoms with Crippen LogP contribution in [0.3, 0.4) is 0 Å². The van der Waals surface area contributed by atoms with Crippen molar-refractivity contribution in [3.63, 3.8) is 0 Å². The lowest BCUT2D eigenvalue weighted by molar-refractivity contribution is -0.121. The van der Waals surface area contributed by atoms with Gasteiger partial charge in [-0.1, -0.05) is 24.3 Å². The maximum Gasteiger partial charge on any atom is 0.222 e. The normalized spacial score (nSPS) is 11.2. The minimum absolute atomic E-state index is 0.0204. The maximum absolute atomic E-state index is 12.1. The number of amides is 1. The number of hydrogen-bond donors (Lipinski definition) is 1. The third kappa shape index (κ3) is 3.00. The summed E-state index contributed by atoms with van der Waals surface area (Å²) >= 11 is 1.62. The number of carbonyl (C=O) groups excluding carboxylic acids is 1. The molecule has 0 spiro atoms. The molecule has 1 N–H and O–H groups in total. The molecule has 0 saturated heterocycles. The van der Waals surface area contributed by atoms with Gasteiger partial charge < -0.3 is 9.88 Å². The zero-order valence-corrected chi connectivity index (χ0v) is 13.8. The SMILES string of the molecule is O=C(CCn1cnc2ccccc21)NCc1nc2ccccc2s1. The van der Waals surface area contributed by atoms with Crippen molar-refractivity contribution in [2.24, 2.45) is 0 Å². The summed E-state index contributed by atoms with van der Waals surface area (Å²) in [4.78, 5) is 21.0. The number of rotatable bonds is 5. The first kappa shape index (κ1) is 14.8. The number of nitrogens with zero attached hydrogens (tertiary/aromatic N) is 3. The third-order valence-electron chi connectivity index (χ3n) is 3.88. The van der Waals surface area contributed by atoms with E-state index in [1.807, 2.05) is 53.1 Å². The third-order valence-corrected chi connectivity index (χ3v) is 4.92. The van der Waals surface area contributed by atoms with Gasteiger partial charge in [-0.05, 0) is 24.3 Å². The highest BCUT2D eigenvalue weighted by atomic mass is 32.1. The van der Waals surface area contributed by atoms with Crippen molar-refractivity contribution in [3.05, 3.63) is 59.9 Å². The van der Waals surface area contributed by atoms with Crippen LogP contribution in [0.4, 0.5) is 0 Å². The molecule has 0 radical (unpaired) electrons. The molecule has 0 aliphatic carbocycles. The zero-order valence-electron chi connectivity index (χ0n) is 13.0. The van der Waals surface area contributed by atoms with Crippen LogP contribution in [0.25, 0.3) is 21.3 Å². The van der Waals surface area contributed by atoms with Gasteiger partial charge in [-0.25, -0.2) is 9.97 Å². The molecule has 1 amide bonds. The molecule has 5 nitrogen and oxygen atoms in total. The molecule has 4 aromatic rings. The van der Waals surface area contributed by atoms with E-state index in [1.165, 1.54) is 0 Å². The molecular weight excluding hydrogens is 320 g/mol. The molecule has 4 rings (SSSR count). The zero-order chi connectivity index (χ0) is 16.4. The van der Waals surface area contributed by atoms with Crippen LogP contribution in [-0.4, -0.2) is 20.4 Å². The van der Waals surface area contributed by atoms with Crippen LogP contribution >= 0.6 is 11.3 Å². The number of imidazole rings is 1. The van der Waals surface area contributed by atoms with Gasteiger partial charge in [-0.3, -0.25) is 4.79 Å². The van der Waals surface area contributed by atoms with E-state index in [9.17, 15) is 4.79 Å². The smallest absolute Gasteiger partial charge is 0.222 e. The molecule has 0 atom stereocenters. The van der Waals surface area contributed by atoms with Gasteiger partial charge in [0.05, 0.1) is 34.1 Å². The van der Waals surface area contributed by atoms with E-state index < -0.39 is 0 Å². The van der Waals surface area contributed by atoms with Gasteiger partial charge in [-0.2, -0.15) is 0 Å². The molecule has 0 aliphatic heterocycles. The Balaban J connectivity index is 1.35. The fourth-order valence-corrected chi connectivity index (χ4v) is 3.58. The van der Waals surface area contributed by atoms with Crippen molar-refractivity contribution in [1.29, 1.82) is 0 Å². The summed E-state index contributed by atoms with van der Waals surface area (Å²) in [6.07, 6.45) is 2.21. The number of nitrogens with one attached hydrogen (secondary N) is 1. The highest BCUT2D eigenvalue weighted by Crippen LogP contribution is 2.21. The van der Waals surface area contributed by atoms with Gasteiger partial charge in [-0.15, -0.1) is 11.3 Å². The minimum atomic E-state index is 0.0204. The van der Waals surface area contributed by atoms with E-state index in [0.717, 1.165) is 26.3 Å². The van der Waals surface area contributed by atoms with Crippen molar-refractivity contribution in [2.75, 3.05) is 0 Å². The molecule has 2 aromatic heterocycles. The second-order valence-electron chi connectivity index (χ2n) is 5.53. The number of carbonyl (C=O) groups is 1. The average Bonchev–Trinajstić information content (AvgIpc) is 3.21. The Kier molecular flexibility index (Phi) is 3.96. The Bertz CT molecular complexity index is 971. The molecule has 2 heterocycles. The van der Waals surface area contributed by atoms with Crippen LogP contribution < -0.4 is 5.32 Å². The fourth-order valence-electron chi connectivity index (χ4n) is 2.67. The molecule has 0 bridgehead atoms. The van der Waals surface area contributed by atoms with E-state index in [-0.39, 0.29) is 5.91 Å². The number of para-hydroxylation sites is 3. The second-order valence-corrected chi connectivity index (χ2v) is 6.64. The number of hydrogen-bond acceptors (Lipinski definition) is 4. The molecule has 6 heteroatoms. The van der Waals surface area contributed by atoms with Crippen molar-refractivity contribution in [1.82, 2.24) is 19.9 Å². The number of fused-ring (bicyclic) bond motifs is 2. The van der Waals surface area contributed by atoms with Gasteiger partial charge in [0.25, 0.3) is 0 Å². The molecule has 120 valence electrons. The summed E-state index contributed by atoms with van der Waals surface area (Å²) in [5.74, 6) is 0.0204. The van der Waals surface area contributed by atoms with Gasteiger partial charge in [0.1, 0.15) is 5.01 Å². The van der Waals surface area contributed by atoms with Crippen molar-refractivity contribution < 1.29 is 4.79 Å². The summed E-state index contributed by atoms with van der Waals surface area (Å²) in [5.41, 5.74) is 2.99. The number of benzene rings is 2. The molecule has 0 saturated carbocycles. The molecule has 2 aromatic carbocycles.